The van der Waals surface area contributed by atoms with Crippen LogP contribution in [-0.4, -0.2) is 40.4 Å². The standard InChI is InChI=1S/C15H19N5O.2ClH/c16-7-11-20(10-6-12-4-2-1-3-5-12)15(21)13-14(17)19-9-8-18-13;;/h1-5,8-9H,6-7,10-11,16H2,(H2,17,19);2*1H. The fraction of sp³-hybridized carbons (Fsp3) is 0.267. The van der Waals surface area contributed by atoms with E-state index >= 15 is 0 Å². The molecule has 0 unspecified atom stereocenters. The molecule has 0 saturated heterocycles. The number of hydrogen-bond acceptors (Lipinski definition) is 5. The maximum atomic E-state index is 12.5. The Morgan fingerprint density at radius 2 is 1.70 bits per heavy atom. The van der Waals surface area contributed by atoms with Gasteiger partial charge in [-0.1, -0.05) is 30.3 Å². The van der Waals surface area contributed by atoms with Gasteiger partial charge in [0.2, 0.25) is 0 Å². The second-order valence-corrected chi connectivity index (χ2v) is 4.61. The van der Waals surface area contributed by atoms with Crippen LogP contribution in [0.1, 0.15) is 16.1 Å². The summed E-state index contributed by atoms with van der Waals surface area (Å²) in [5.74, 6) is -0.0915. The van der Waals surface area contributed by atoms with Crippen LogP contribution in [0.3, 0.4) is 0 Å². The first-order valence-electron chi connectivity index (χ1n) is 6.82. The average molecular weight is 358 g/mol. The maximum Gasteiger partial charge on any atom is 0.276 e. The molecule has 0 spiro atoms. The summed E-state index contributed by atoms with van der Waals surface area (Å²) < 4.78 is 0. The SMILES string of the molecule is Cl.Cl.NCCN(CCc1ccccc1)C(=O)c1nccnc1N. The largest absolute Gasteiger partial charge is 0.382 e. The monoisotopic (exact) mass is 357 g/mol. The predicted molar refractivity (Wildman–Crippen MR) is 96.0 cm³/mol. The molecule has 1 amide bonds. The molecule has 8 heteroatoms. The molecule has 0 atom stereocenters. The number of nitrogens with two attached hydrogens (primary N) is 2. The zero-order chi connectivity index (χ0) is 15.1. The van der Waals surface area contributed by atoms with Gasteiger partial charge in [-0.2, -0.15) is 0 Å². The molecule has 1 heterocycles. The second kappa shape index (κ2) is 10.8. The Kier molecular flexibility index (Phi) is 9.89. The van der Waals surface area contributed by atoms with E-state index in [0.29, 0.717) is 19.6 Å². The van der Waals surface area contributed by atoms with Crippen molar-refractivity contribution < 1.29 is 4.79 Å². The number of amides is 1. The smallest absolute Gasteiger partial charge is 0.276 e. The summed E-state index contributed by atoms with van der Waals surface area (Å²) in [6.45, 7) is 1.42. The van der Waals surface area contributed by atoms with Crippen molar-refractivity contribution in [2.45, 2.75) is 6.42 Å². The van der Waals surface area contributed by atoms with E-state index in [0.717, 1.165) is 6.42 Å². The predicted octanol–water partition coefficient (Wildman–Crippen LogP) is 1.55. The molecule has 0 bridgehead atoms. The third-order valence-corrected chi connectivity index (χ3v) is 3.13. The molecular weight excluding hydrogens is 337 g/mol. The van der Waals surface area contributed by atoms with Crippen molar-refractivity contribution in [2.75, 3.05) is 25.4 Å². The summed E-state index contributed by atoms with van der Waals surface area (Å²) >= 11 is 0. The molecule has 0 saturated carbocycles. The van der Waals surface area contributed by atoms with E-state index in [2.05, 4.69) is 9.97 Å². The van der Waals surface area contributed by atoms with Crippen LogP contribution in [0.4, 0.5) is 5.82 Å². The molecule has 0 aliphatic heterocycles. The summed E-state index contributed by atoms with van der Waals surface area (Å²) in [7, 11) is 0. The van der Waals surface area contributed by atoms with Crippen LogP contribution in [-0.2, 0) is 6.42 Å². The molecule has 4 N–H and O–H groups in total. The Morgan fingerprint density at radius 3 is 2.30 bits per heavy atom. The van der Waals surface area contributed by atoms with E-state index < -0.39 is 0 Å². The molecule has 1 aromatic heterocycles. The van der Waals surface area contributed by atoms with Crippen molar-refractivity contribution in [1.29, 1.82) is 0 Å². The van der Waals surface area contributed by atoms with Gasteiger partial charge in [-0.05, 0) is 12.0 Å². The zero-order valence-electron chi connectivity index (χ0n) is 12.6. The second-order valence-electron chi connectivity index (χ2n) is 4.61. The van der Waals surface area contributed by atoms with Gasteiger partial charge in [0, 0.05) is 32.0 Å². The Labute approximate surface area is 148 Å². The number of halogens is 2. The van der Waals surface area contributed by atoms with Crippen molar-refractivity contribution in [3.8, 4) is 0 Å². The van der Waals surface area contributed by atoms with E-state index in [1.165, 1.54) is 18.0 Å². The van der Waals surface area contributed by atoms with E-state index in [-0.39, 0.29) is 42.2 Å². The first-order chi connectivity index (χ1) is 10.2. The van der Waals surface area contributed by atoms with Crippen molar-refractivity contribution in [1.82, 2.24) is 14.9 Å². The summed E-state index contributed by atoms with van der Waals surface area (Å²) in [5, 5.41) is 0. The van der Waals surface area contributed by atoms with E-state index in [4.69, 9.17) is 11.5 Å². The number of hydrogen-bond donors (Lipinski definition) is 2. The number of anilines is 1. The lowest BCUT2D eigenvalue weighted by Gasteiger charge is -2.22. The molecule has 126 valence electrons. The highest BCUT2D eigenvalue weighted by molar-refractivity contribution is 5.96. The number of aromatic nitrogens is 2. The lowest BCUT2D eigenvalue weighted by molar-refractivity contribution is 0.0757. The number of carbonyl (C=O) groups excluding carboxylic acids is 1. The van der Waals surface area contributed by atoms with Gasteiger partial charge in [0.05, 0.1) is 0 Å². The first kappa shape index (κ1) is 21.1. The molecule has 23 heavy (non-hydrogen) atoms. The highest BCUT2D eigenvalue weighted by atomic mass is 35.5. The minimum absolute atomic E-state index is 0. The fourth-order valence-electron chi connectivity index (χ4n) is 2.04. The number of rotatable bonds is 6. The molecule has 2 aromatic rings. The minimum atomic E-state index is -0.234. The van der Waals surface area contributed by atoms with Crippen LogP contribution < -0.4 is 11.5 Å². The minimum Gasteiger partial charge on any atom is -0.382 e. The van der Waals surface area contributed by atoms with Crippen LogP contribution in [0.25, 0.3) is 0 Å². The highest BCUT2D eigenvalue weighted by Crippen LogP contribution is 2.09. The molecule has 6 nitrogen and oxygen atoms in total. The van der Waals surface area contributed by atoms with E-state index in [9.17, 15) is 4.79 Å². The summed E-state index contributed by atoms with van der Waals surface area (Å²) in [6, 6.07) is 9.98. The molecule has 0 aliphatic rings. The van der Waals surface area contributed by atoms with Gasteiger partial charge in [-0.25, -0.2) is 9.97 Å². The van der Waals surface area contributed by atoms with Crippen molar-refractivity contribution >= 4 is 36.5 Å². The summed E-state index contributed by atoms with van der Waals surface area (Å²) in [5.41, 5.74) is 12.6. The van der Waals surface area contributed by atoms with Gasteiger partial charge in [0.1, 0.15) is 0 Å². The summed E-state index contributed by atoms with van der Waals surface area (Å²) in [6.07, 6.45) is 3.68. The Balaban J connectivity index is 0.00000242. The van der Waals surface area contributed by atoms with Gasteiger partial charge >= 0.3 is 0 Å². The first-order valence-corrected chi connectivity index (χ1v) is 6.82. The number of nitrogens with zero attached hydrogens (tertiary/aromatic N) is 3. The zero-order valence-corrected chi connectivity index (χ0v) is 14.2. The van der Waals surface area contributed by atoms with Crippen LogP contribution in [0.2, 0.25) is 0 Å². The molecular formula is C15H21Cl2N5O. The van der Waals surface area contributed by atoms with Gasteiger partial charge < -0.3 is 16.4 Å². The van der Waals surface area contributed by atoms with Crippen LogP contribution in [0.5, 0.6) is 0 Å². The van der Waals surface area contributed by atoms with Gasteiger partial charge in [-0.3, -0.25) is 4.79 Å². The van der Waals surface area contributed by atoms with Gasteiger partial charge in [0.15, 0.2) is 11.5 Å². The summed E-state index contributed by atoms with van der Waals surface area (Å²) in [4.78, 5) is 22.0. The Bertz CT molecular complexity index is 597. The third-order valence-electron chi connectivity index (χ3n) is 3.13. The van der Waals surface area contributed by atoms with E-state index in [1.807, 2.05) is 30.3 Å². The normalized spacial score (nSPS) is 9.43. The number of benzene rings is 1. The Hall–Kier alpha value is -1.89. The maximum absolute atomic E-state index is 12.5. The highest BCUT2D eigenvalue weighted by Gasteiger charge is 2.19. The number of carbonyl (C=O) groups is 1. The lowest BCUT2D eigenvalue weighted by atomic mass is 10.1. The topological polar surface area (TPSA) is 98.1 Å². The molecule has 1 aromatic carbocycles. The van der Waals surface area contributed by atoms with Crippen molar-refractivity contribution in [3.63, 3.8) is 0 Å². The van der Waals surface area contributed by atoms with Crippen LogP contribution >= 0.6 is 24.8 Å². The van der Waals surface area contributed by atoms with Crippen molar-refractivity contribution in [2.24, 2.45) is 5.73 Å². The van der Waals surface area contributed by atoms with Crippen LogP contribution in [0.15, 0.2) is 42.7 Å². The molecule has 2 rings (SSSR count). The van der Waals surface area contributed by atoms with Gasteiger partial charge in [0.25, 0.3) is 5.91 Å². The lowest BCUT2D eigenvalue weighted by Crippen LogP contribution is -2.37. The third kappa shape index (κ3) is 6.02. The van der Waals surface area contributed by atoms with Gasteiger partial charge in [-0.15, -0.1) is 24.8 Å². The fourth-order valence-corrected chi connectivity index (χ4v) is 2.04. The molecule has 0 aliphatic carbocycles. The Morgan fingerprint density at radius 1 is 1.04 bits per heavy atom. The number of nitrogen functional groups attached to an aromatic ring is 1. The molecule has 0 fully saturated rings. The van der Waals surface area contributed by atoms with E-state index in [1.54, 1.807) is 4.90 Å². The van der Waals surface area contributed by atoms with Crippen molar-refractivity contribution in [3.05, 3.63) is 54.0 Å². The quantitative estimate of drug-likeness (QED) is 0.816. The molecule has 0 radical (unpaired) electrons. The van der Waals surface area contributed by atoms with Crippen LogP contribution in [0, 0.1) is 0 Å². The average Bonchev–Trinajstić information content (AvgIpc) is 2.52.